The third kappa shape index (κ3) is 10.9. The molecular weight excluding hydrogens is 759 g/mol. The molecule has 0 aliphatic heterocycles. The molecule has 304 valence electrons. The number of ether oxygens (including phenoxy) is 4. The number of carbonyl (C=O) groups is 2. The third-order valence-corrected chi connectivity index (χ3v) is 10.3. The Morgan fingerprint density at radius 1 is 0.475 bits per heavy atom. The first kappa shape index (κ1) is 41.5. The molecule has 0 saturated heterocycles. The molecule has 0 saturated carbocycles. The summed E-state index contributed by atoms with van der Waals surface area (Å²) in [6, 6.07) is 55.5. The Balaban J connectivity index is 0.982. The molecule has 61 heavy (non-hydrogen) atoms. The zero-order chi connectivity index (χ0) is 42.8. The number of hydrogen-bond donors (Lipinski definition) is 0. The molecule has 0 radical (unpaired) electrons. The van der Waals surface area contributed by atoms with Crippen LogP contribution in [-0.4, -0.2) is 19.2 Å². The van der Waals surface area contributed by atoms with Crippen LogP contribution in [0.15, 0.2) is 170 Å². The van der Waals surface area contributed by atoms with Gasteiger partial charge in [-0.3, -0.25) is 4.79 Å². The quantitative estimate of drug-likeness (QED) is 0.0497. The minimum Gasteiger partial charge on any atom is -0.497 e. The van der Waals surface area contributed by atoms with E-state index in [1.807, 2.05) is 72.8 Å². The van der Waals surface area contributed by atoms with E-state index in [0.29, 0.717) is 17.2 Å². The van der Waals surface area contributed by atoms with Gasteiger partial charge in [0.2, 0.25) is 0 Å². The number of rotatable bonds is 13. The predicted octanol–water partition coefficient (Wildman–Crippen LogP) is 13.6. The molecule has 0 unspecified atom stereocenters. The van der Waals surface area contributed by atoms with Gasteiger partial charge in [-0.25, -0.2) is 4.79 Å². The molecule has 0 heterocycles. The second-order valence-electron chi connectivity index (χ2n) is 15.1. The standard InChI is InChI=1S/C54H47NO6/c1-38-9-25-46(26-10-38)55(47-27-15-40(16-28-47)11-12-42-19-31-49(58-5)32-20-42)48-29-17-41(18-30-48)13-14-43-7-6-8-52(37-43)61-53(57)60-51-35-23-45(24-36-51)54(3,4)44-21-33-50(34-22-44)59-39(2)56/h6-37H,1-5H3/b12-11+,14-13+. The molecular formula is C54H47NO6. The second kappa shape index (κ2) is 19.0. The van der Waals surface area contributed by atoms with Crippen molar-refractivity contribution in [2.45, 2.75) is 33.1 Å². The van der Waals surface area contributed by atoms with E-state index < -0.39 is 6.16 Å². The van der Waals surface area contributed by atoms with Crippen molar-refractivity contribution in [2.75, 3.05) is 12.0 Å². The maximum atomic E-state index is 12.8. The van der Waals surface area contributed by atoms with Crippen LogP contribution in [0.1, 0.15) is 59.7 Å². The van der Waals surface area contributed by atoms with Gasteiger partial charge in [-0.15, -0.1) is 0 Å². The van der Waals surface area contributed by atoms with Crippen LogP contribution in [0.3, 0.4) is 0 Å². The van der Waals surface area contributed by atoms with Crippen molar-refractivity contribution < 1.29 is 28.5 Å². The SMILES string of the molecule is COc1ccc(/C=C/c2ccc(N(c3ccc(C)cc3)c3ccc(/C=C/c4cccc(OC(=O)Oc5ccc(C(C)(C)c6ccc(OC(C)=O)cc6)cc5)c4)cc3)cc2)cc1. The van der Waals surface area contributed by atoms with E-state index in [-0.39, 0.29) is 11.4 Å². The van der Waals surface area contributed by atoms with E-state index >= 15 is 0 Å². The van der Waals surface area contributed by atoms with Crippen LogP contribution in [0, 0.1) is 6.92 Å². The molecule has 0 atom stereocenters. The summed E-state index contributed by atoms with van der Waals surface area (Å²) in [6.45, 7) is 7.66. The van der Waals surface area contributed by atoms with E-state index in [2.05, 4.69) is 111 Å². The fourth-order valence-corrected chi connectivity index (χ4v) is 6.82. The summed E-state index contributed by atoms with van der Waals surface area (Å²) in [7, 11) is 1.67. The fourth-order valence-electron chi connectivity index (χ4n) is 6.82. The minimum absolute atomic E-state index is 0.351. The fraction of sp³-hybridized carbons (Fsp3) is 0.111. The molecule has 7 rings (SSSR count). The van der Waals surface area contributed by atoms with Gasteiger partial charge in [0, 0.05) is 29.4 Å². The first-order chi connectivity index (χ1) is 29.5. The molecule has 7 aromatic carbocycles. The molecule has 0 aliphatic carbocycles. The number of aryl methyl sites for hydroxylation is 1. The molecule has 7 nitrogen and oxygen atoms in total. The van der Waals surface area contributed by atoms with Crippen molar-refractivity contribution in [3.63, 3.8) is 0 Å². The van der Waals surface area contributed by atoms with Crippen molar-refractivity contribution in [3.05, 3.63) is 209 Å². The average molecular weight is 806 g/mol. The number of esters is 1. The smallest absolute Gasteiger partial charge is 0.497 e. The highest BCUT2D eigenvalue weighted by atomic mass is 16.7. The van der Waals surface area contributed by atoms with Crippen LogP contribution in [0.2, 0.25) is 0 Å². The first-order valence-electron chi connectivity index (χ1n) is 20.0. The lowest BCUT2D eigenvalue weighted by molar-refractivity contribution is -0.131. The van der Waals surface area contributed by atoms with E-state index in [1.165, 1.54) is 12.5 Å². The lowest BCUT2D eigenvalue weighted by atomic mass is 9.78. The van der Waals surface area contributed by atoms with Crippen molar-refractivity contribution in [1.29, 1.82) is 0 Å². The summed E-state index contributed by atoms with van der Waals surface area (Å²) in [6.07, 6.45) is 7.38. The van der Waals surface area contributed by atoms with E-state index in [9.17, 15) is 9.59 Å². The van der Waals surface area contributed by atoms with Crippen LogP contribution < -0.4 is 23.8 Å². The zero-order valence-electron chi connectivity index (χ0n) is 34.9. The second-order valence-corrected chi connectivity index (χ2v) is 15.1. The summed E-state index contributed by atoms with van der Waals surface area (Å²) in [5.74, 6) is 1.71. The van der Waals surface area contributed by atoms with Gasteiger partial charge < -0.3 is 23.8 Å². The lowest BCUT2D eigenvalue weighted by Crippen LogP contribution is -2.19. The largest absolute Gasteiger partial charge is 0.519 e. The van der Waals surface area contributed by atoms with Crippen molar-refractivity contribution in [2.24, 2.45) is 0 Å². The number of anilines is 3. The van der Waals surface area contributed by atoms with Crippen LogP contribution in [-0.2, 0) is 10.2 Å². The minimum atomic E-state index is -0.831. The number of hydrogen-bond acceptors (Lipinski definition) is 7. The van der Waals surface area contributed by atoms with Gasteiger partial charge in [0.15, 0.2) is 0 Å². The number of carbonyl (C=O) groups excluding carboxylic acids is 2. The molecule has 0 N–H and O–H groups in total. The van der Waals surface area contributed by atoms with Crippen molar-refractivity contribution in [1.82, 2.24) is 0 Å². The number of methoxy groups -OCH3 is 1. The summed E-state index contributed by atoms with van der Waals surface area (Å²) in [5, 5.41) is 0. The molecule has 7 heteroatoms. The Hall–Kier alpha value is -7.64. The average Bonchev–Trinajstić information content (AvgIpc) is 3.27. The van der Waals surface area contributed by atoms with E-state index in [1.54, 1.807) is 43.5 Å². The van der Waals surface area contributed by atoms with Gasteiger partial charge in [-0.2, -0.15) is 0 Å². The zero-order valence-corrected chi connectivity index (χ0v) is 34.9. The van der Waals surface area contributed by atoms with Gasteiger partial charge >= 0.3 is 12.1 Å². The van der Waals surface area contributed by atoms with Gasteiger partial charge in [0.25, 0.3) is 0 Å². The molecule has 0 aromatic heterocycles. The maximum Gasteiger partial charge on any atom is 0.519 e. The van der Waals surface area contributed by atoms with E-state index in [0.717, 1.165) is 56.2 Å². The van der Waals surface area contributed by atoms with Gasteiger partial charge in [0.05, 0.1) is 7.11 Å². The van der Waals surface area contributed by atoms with E-state index in [4.69, 9.17) is 18.9 Å². The van der Waals surface area contributed by atoms with Crippen molar-refractivity contribution >= 4 is 53.5 Å². The van der Waals surface area contributed by atoms with Gasteiger partial charge in [-0.1, -0.05) is 129 Å². The topological polar surface area (TPSA) is 74.3 Å². The van der Waals surface area contributed by atoms with Crippen LogP contribution in [0.4, 0.5) is 21.9 Å². The van der Waals surface area contributed by atoms with Gasteiger partial charge in [0.1, 0.15) is 23.0 Å². The highest BCUT2D eigenvalue weighted by Gasteiger charge is 2.23. The highest BCUT2D eigenvalue weighted by molar-refractivity contribution is 5.80. The molecule has 0 bridgehead atoms. The monoisotopic (exact) mass is 805 g/mol. The predicted molar refractivity (Wildman–Crippen MR) is 246 cm³/mol. The highest BCUT2D eigenvalue weighted by Crippen LogP contribution is 2.36. The van der Waals surface area contributed by atoms with Crippen LogP contribution in [0.25, 0.3) is 24.3 Å². The summed E-state index contributed by atoms with van der Waals surface area (Å²) in [4.78, 5) is 26.3. The summed E-state index contributed by atoms with van der Waals surface area (Å²) >= 11 is 0. The van der Waals surface area contributed by atoms with Gasteiger partial charge in [-0.05, 0) is 125 Å². The number of nitrogens with zero attached hydrogens (tertiary/aromatic N) is 1. The molecule has 0 aliphatic rings. The first-order valence-corrected chi connectivity index (χ1v) is 20.0. The molecule has 0 amide bonds. The maximum absolute atomic E-state index is 12.8. The Morgan fingerprint density at radius 3 is 1.36 bits per heavy atom. The normalized spacial score (nSPS) is 11.4. The Morgan fingerprint density at radius 2 is 0.885 bits per heavy atom. The van der Waals surface area contributed by atoms with Crippen LogP contribution >= 0.6 is 0 Å². The number of benzene rings is 7. The Kier molecular flexibility index (Phi) is 12.9. The van der Waals surface area contributed by atoms with Crippen molar-refractivity contribution in [3.8, 4) is 23.0 Å². The molecule has 0 spiro atoms. The third-order valence-electron chi connectivity index (χ3n) is 10.3. The van der Waals surface area contributed by atoms with Crippen LogP contribution in [0.5, 0.6) is 23.0 Å². The summed E-state index contributed by atoms with van der Waals surface area (Å²) < 4.78 is 21.5. The Bertz CT molecular complexity index is 2630. The summed E-state index contributed by atoms with van der Waals surface area (Å²) in [5.41, 5.74) is 10.1. The Labute approximate surface area is 357 Å². The lowest BCUT2D eigenvalue weighted by Gasteiger charge is -2.26. The molecule has 0 fully saturated rings. The molecule has 7 aromatic rings.